The Morgan fingerprint density at radius 3 is 2.10 bits per heavy atom. The van der Waals surface area contributed by atoms with Crippen molar-refractivity contribution in [2.75, 3.05) is 58.9 Å². The zero-order valence-corrected chi connectivity index (χ0v) is 13.8. The summed E-state index contributed by atoms with van der Waals surface area (Å²) in [5, 5.41) is 0. The highest BCUT2D eigenvalue weighted by molar-refractivity contribution is 7.85. The Morgan fingerprint density at radius 2 is 1.60 bits per heavy atom. The maximum atomic E-state index is 10.7. The van der Waals surface area contributed by atoms with Crippen molar-refractivity contribution in [2.24, 2.45) is 0 Å². The summed E-state index contributed by atoms with van der Waals surface area (Å²) < 4.78 is 41.7. The topological polar surface area (TPSA) is 72.8 Å². The third kappa shape index (κ3) is 11.6. The molecule has 0 saturated carbocycles. The number of quaternary nitrogens is 1. The summed E-state index contributed by atoms with van der Waals surface area (Å²) in [7, 11) is -1.78. The number of hydrogen-bond donors (Lipinski definition) is 1. The van der Waals surface area contributed by atoms with Gasteiger partial charge < -0.3 is 14.0 Å². The van der Waals surface area contributed by atoms with Gasteiger partial charge in [-0.25, -0.2) is 0 Å². The maximum Gasteiger partial charge on any atom is 0.265 e. The van der Waals surface area contributed by atoms with E-state index in [0.29, 0.717) is 32.8 Å². The zero-order chi connectivity index (χ0) is 15.5. The smallest absolute Gasteiger partial charge is 0.265 e. The molecule has 1 atom stereocenters. The van der Waals surface area contributed by atoms with Crippen molar-refractivity contribution < 1.29 is 26.9 Å². The summed E-state index contributed by atoms with van der Waals surface area (Å²) >= 11 is 0. The van der Waals surface area contributed by atoms with E-state index >= 15 is 0 Å². The van der Waals surface area contributed by atoms with Crippen LogP contribution < -0.4 is 0 Å². The molecular weight excluding hydrogens is 282 g/mol. The van der Waals surface area contributed by atoms with Crippen LogP contribution in [0.25, 0.3) is 0 Å². The van der Waals surface area contributed by atoms with Crippen LogP contribution in [0.15, 0.2) is 0 Å². The van der Waals surface area contributed by atoms with Crippen LogP contribution in [0.2, 0.25) is 0 Å². The fourth-order valence-corrected chi connectivity index (χ4v) is 2.30. The minimum atomic E-state index is -3.85. The Bertz CT molecular complexity index is 334. The van der Waals surface area contributed by atoms with Gasteiger partial charge in [-0.3, -0.25) is 4.55 Å². The Labute approximate surface area is 123 Å². The summed E-state index contributed by atoms with van der Waals surface area (Å²) in [6, 6.07) is 0. The van der Waals surface area contributed by atoms with Crippen molar-refractivity contribution in [1.29, 1.82) is 0 Å². The van der Waals surface area contributed by atoms with Crippen LogP contribution in [0.1, 0.15) is 26.7 Å². The molecule has 0 bridgehead atoms. The Balaban J connectivity index is 3.77. The first-order chi connectivity index (χ1) is 9.33. The van der Waals surface area contributed by atoms with Gasteiger partial charge in [-0.05, 0) is 13.3 Å². The molecule has 0 fully saturated rings. The predicted molar refractivity (Wildman–Crippen MR) is 79.4 cm³/mol. The largest absolute Gasteiger partial charge is 0.379 e. The molecule has 20 heavy (non-hydrogen) atoms. The highest BCUT2D eigenvalue weighted by Gasteiger charge is 2.19. The molecule has 0 aliphatic heterocycles. The van der Waals surface area contributed by atoms with E-state index in [4.69, 9.17) is 14.0 Å². The van der Waals surface area contributed by atoms with Gasteiger partial charge in [0, 0.05) is 13.0 Å². The van der Waals surface area contributed by atoms with Crippen molar-refractivity contribution in [1.82, 2.24) is 0 Å². The quantitative estimate of drug-likeness (QED) is 0.314. The molecule has 0 saturated heterocycles. The number of likely N-dealkylation sites (N-methyl/N-ethyl adjacent to an activating group) is 1. The lowest BCUT2D eigenvalue weighted by Gasteiger charge is -2.33. The lowest BCUT2D eigenvalue weighted by Crippen LogP contribution is -2.47. The molecule has 0 spiro atoms. The standard InChI is InChI=1S/C13H29NO5S/c1-4-9-18-11-12-19-10-8-14(3,5-2)7-6-13-20(15,16)17/h4-13H2,1-3H3/p+1. The lowest BCUT2D eigenvalue weighted by atomic mass is 10.3. The average molecular weight is 312 g/mol. The SMILES string of the molecule is CCCOCCOCC[N+](C)(CC)CCCS(=O)(=O)O. The van der Waals surface area contributed by atoms with Gasteiger partial charge in [-0.2, -0.15) is 8.42 Å². The number of ether oxygens (including phenoxy) is 2. The van der Waals surface area contributed by atoms with Gasteiger partial charge in [0.05, 0.1) is 45.7 Å². The monoisotopic (exact) mass is 312 g/mol. The minimum absolute atomic E-state index is 0.174. The third-order valence-corrected chi connectivity index (χ3v) is 4.16. The fourth-order valence-electron chi connectivity index (χ4n) is 1.81. The van der Waals surface area contributed by atoms with Crippen LogP contribution in [-0.4, -0.2) is 76.3 Å². The number of nitrogens with zero attached hydrogens (tertiary/aromatic N) is 1. The highest BCUT2D eigenvalue weighted by atomic mass is 32.2. The fraction of sp³-hybridized carbons (Fsp3) is 1.00. The molecule has 122 valence electrons. The van der Waals surface area contributed by atoms with E-state index in [0.717, 1.165) is 30.6 Å². The molecule has 1 unspecified atom stereocenters. The number of hydrogen-bond acceptors (Lipinski definition) is 4. The van der Waals surface area contributed by atoms with Crippen LogP contribution >= 0.6 is 0 Å². The van der Waals surface area contributed by atoms with Crippen LogP contribution in [0, 0.1) is 0 Å². The van der Waals surface area contributed by atoms with Crippen LogP contribution in [0.4, 0.5) is 0 Å². The molecule has 7 heteroatoms. The lowest BCUT2D eigenvalue weighted by molar-refractivity contribution is -0.908. The first-order valence-electron chi connectivity index (χ1n) is 7.27. The van der Waals surface area contributed by atoms with Gasteiger partial charge in [-0.1, -0.05) is 6.92 Å². The molecule has 0 aromatic heterocycles. The second-order valence-electron chi connectivity index (χ2n) is 5.25. The summed E-state index contributed by atoms with van der Waals surface area (Å²) in [5.41, 5.74) is 0. The van der Waals surface area contributed by atoms with E-state index < -0.39 is 10.1 Å². The van der Waals surface area contributed by atoms with Crippen LogP contribution in [0.5, 0.6) is 0 Å². The van der Waals surface area contributed by atoms with Gasteiger partial charge in [-0.15, -0.1) is 0 Å². The number of rotatable bonds is 13. The zero-order valence-electron chi connectivity index (χ0n) is 13.0. The van der Waals surface area contributed by atoms with Crippen molar-refractivity contribution >= 4 is 10.1 Å². The molecule has 0 amide bonds. The minimum Gasteiger partial charge on any atom is -0.379 e. The summed E-state index contributed by atoms with van der Waals surface area (Å²) in [5.74, 6) is -0.174. The third-order valence-electron chi connectivity index (χ3n) is 3.36. The van der Waals surface area contributed by atoms with Gasteiger partial charge in [0.1, 0.15) is 6.54 Å². The summed E-state index contributed by atoms with van der Waals surface area (Å²) in [6.07, 6.45) is 1.47. The van der Waals surface area contributed by atoms with Crippen molar-refractivity contribution in [3.05, 3.63) is 0 Å². The summed E-state index contributed by atoms with van der Waals surface area (Å²) in [4.78, 5) is 0. The van der Waals surface area contributed by atoms with Crippen LogP contribution in [-0.2, 0) is 19.6 Å². The van der Waals surface area contributed by atoms with Crippen molar-refractivity contribution in [3.8, 4) is 0 Å². The molecule has 0 aromatic rings. The maximum absolute atomic E-state index is 10.7. The van der Waals surface area contributed by atoms with E-state index in [1.807, 2.05) is 0 Å². The molecule has 0 rings (SSSR count). The molecule has 0 radical (unpaired) electrons. The second kappa shape index (κ2) is 10.5. The van der Waals surface area contributed by atoms with Crippen molar-refractivity contribution in [2.45, 2.75) is 26.7 Å². The van der Waals surface area contributed by atoms with E-state index in [1.54, 1.807) is 0 Å². The van der Waals surface area contributed by atoms with Gasteiger partial charge in [0.15, 0.2) is 0 Å². The molecule has 0 aliphatic rings. The molecular formula is C13H30NO5S+. The molecule has 0 aromatic carbocycles. The molecule has 6 nitrogen and oxygen atoms in total. The second-order valence-corrected chi connectivity index (χ2v) is 6.82. The van der Waals surface area contributed by atoms with Crippen LogP contribution in [0.3, 0.4) is 0 Å². The molecule has 0 aliphatic carbocycles. The van der Waals surface area contributed by atoms with Gasteiger partial charge in [0.25, 0.3) is 10.1 Å². The molecule has 1 N–H and O–H groups in total. The van der Waals surface area contributed by atoms with Gasteiger partial charge in [0.2, 0.25) is 0 Å². The van der Waals surface area contributed by atoms with Gasteiger partial charge >= 0.3 is 0 Å². The van der Waals surface area contributed by atoms with E-state index in [1.165, 1.54) is 0 Å². The predicted octanol–water partition coefficient (Wildman–Crippen LogP) is 1.17. The first kappa shape index (κ1) is 19.8. The Hall–Kier alpha value is -0.210. The summed E-state index contributed by atoms with van der Waals surface area (Å²) in [6.45, 7) is 9.19. The van der Waals surface area contributed by atoms with E-state index in [-0.39, 0.29) is 5.75 Å². The first-order valence-corrected chi connectivity index (χ1v) is 8.88. The van der Waals surface area contributed by atoms with E-state index in [9.17, 15) is 8.42 Å². The van der Waals surface area contributed by atoms with Crippen molar-refractivity contribution in [3.63, 3.8) is 0 Å². The Morgan fingerprint density at radius 1 is 1.00 bits per heavy atom. The van der Waals surface area contributed by atoms with E-state index in [2.05, 4.69) is 20.9 Å². The normalized spacial score (nSPS) is 15.2. The molecule has 0 heterocycles. The Kier molecular flexibility index (Phi) is 10.4. The average Bonchev–Trinajstić information content (AvgIpc) is 2.36. The highest BCUT2D eigenvalue weighted by Crippen LogP contribution is 2.05.